The summed E-state index contributed by atoms with van der Waals surface area (Å²) in [5, 5.41) is 6.76. The highest BCUT2D eigenvalue weighted by Crippen LogP contribution is 2.28. The van der Waals surface area contributed by atoms with E-state index in [1.807, 2.05) is 12.1 Å². The number of nitrogens with zero attached hydrogens (tertiary/aromatic N) is 1. The van der Waals surface area contributed by atoms with Crippen molar-refractivity contribution < 1.29 is 14.3 Å². The first kappa shape index (κ1) is 20.6. The first-order chi connectivity index (χ1) is 14.3. The van der Waals surface area contributed by atoms with Gasteiger partial charge in [0.15, 0.2) is 0 Å². The summed E-state index contributed by atoms with van der Waals surface area (Å²) >= 11 is 0. The number of rotatable bonds is 7. The van der Waals surface area contributed by atoms with Gasteiger partial charge < -0.3 is 25.0 Å². The van der Waals surface area contributed by atoms with Gasteiger partial charge in [-0.3, -0.25) is 4.79 Å². The average molecular weight is 402 g/mol. The normalized spacial score (nSPS) is 24.0. The Balaban J connectivity index is 1.22. The summed E-state index contributed by atoms with van der Waals surface area (Å²) in [7, 11) is 0. The molecule has 1 unspecified atom stereocenters. The van der Waals surface area contributed by atoms with Crippen LogP contribution in [0, 0.1) is 5.92 Å². The van der Waals surface area contributed by atoms with Gasteiger partial charge in [0.2, 0.25) is 5.91 Å². The van der Waals surface area contributed by atoms with E-state index in [1.165, 1.54) is 31.4 Å². The molecule has 29 heavy (non-hydrogen) atoms. The number of hydrogen-bond donors (Lipinski definition) is 2. The molecule has 3 fully saturated rings. The van der Waals surface area contributed by atoms with Gasteiger partial charge in [-0.15, -0.1) is 0 Å². The lowest BCUT2D eigenvalue weighted by atomic mass is 10.0. The minimum absolute atomic E-state index is 0.158. The van der Waals surface area contributed by atoms with E-state index in [1.54, 1.807) is 0 Å². The van der Waals surface area contributed by atoms with Crippen LogP contribution in [-0.2, 0) is 14.3 Å². The fourth-order valence-electron chi connectivity index (χ4n) is 4.76. The molecule has 6 nitrogen and oxygen atoms in total. The van der Waals surface area contributed by atoms with E-state index < -0.39 is 0 Å². The zero-order chi connectivity index (χ0) is 19.9. The molecule has 1 atom stereocenters. The van der Waals surface area contributed by atoms with E-state index >= 15 is 0 Å². The van der Waals surface area contributed by atoms with Gasteiger partial charge in [0.25, 0.3) is 0 Å². The molecule has 4 rings (SSSR count). The number of nitrogens with one attached hydrogen (secondary N) is 2. The van der Waals surface area contributed by atoms with Crippen LogP contribution in [0.25, 0.3) is 0 Å². The zero-order valence-electron chi connectivity index (χ0n) is 17.4. The zero-order valence-corrected chi connectivity index (χ0v) is 17.4. The van der Waals surface area contributed by atoms with E-state index in [0.717, 1.165) is 44.8 Å². The predicted molar refractivity (Wildman–Crippen MR) is 115 cm³/mol. The van der Waals surface area contributed by atoms with Crippen molar-refractivity contribution in [3.8, 4) is 0 Å². The van der Waals surface area contributed by atoms with Crippen molar-refractivity contribution in [2.24, 2.45) is 5.92 Å². The summed E-state index contributed by atoms with van der Waals surface area (Å²) in [5.41, 5.74) is 2.12. The van der Waals surface area contributed by atoms with Gasteiger partial charge in [-0.1, -0.05) is 18.9 Å². The molecule has 1 aliphatic carbocycles. The molecule has 160 valence electrons. The number of anilines is 2. The number of piperidine rings is 1. The Morgan fingerprint density at radius 2 is 1.93 bits per heavy atom. The Labute approximate surface area is 174 Å². The van der Waals surface area contributed by atoms with Crippen molar-refractivity contribution in [1.82, 2.24) is 5.32 Å². The molecule has 1 aromatic carbocycles. The summed E-state index contributed by atoms with van der Waals surface area (Å²) in [6.45, 7) is 5.05. The van der Waals surface area contributed by atoms with Gasteiger partial charge >= 0.3 is 0 Å². The number of amides is 1. The topological polar surface area (TPSA) is 62.8 Å². The van der Waals surface area contributed by atoms with Crippen molar-refractivity contribution in [1.29, 1.82) is 0 Å². The van der Waals surface area contributed by atoms with Crippen molar-refractivity contribution >= 4 is 17.3 Å². The molecule has 1 saturated carbocycles. The van der Waals surface area contributed by atoms with Crippen LogP contribution >= 0.6 is 0 Å². The quantitative estimate of drug-likeness (QED) is 0.735. The molecule has 0 aromatic heterocycles. The van der Waals surface area contributed by atoms with E-state index in [4.69, 9.17) is 9.47 Å². The molecule has 1 aromatic rings. The number of carbonyl (C=O) groups excluding carboxylic acids is 1. The fourth-order valence-corrected chi connectivity index (χ4v) is 4.76. The van der Waals surface area contributed by atoms with Gasteiger partial charge in [-0.05, 0) is 49.8 Å². The molecule has 2 saturated heterocycles. The molecule has 2 N–H and O–H groups in total. The Morgan fingerprint density at radius 3 is 2.69 bits per heavy atom. The van der Waals surface area contributed by atoms with Crippen molar-refractivity contribution in [3.63, 3.8) is 0 Å². The molecule has 0 bridgehead atoms. The minimum atomic E-state index is 0.158. The molecular formula is C23H35N3O3. The standard InChI is InChI=1S/C23H35N3O3/c27-23(14-18-4-1-2-5-18)25-20-6-3-7-21(15-20)26-10-8-19(9-11-26)24-16-22-17-28-12-13-29-22/h3,6-7,15,18-19,22,24H,1-2,4-5,8-14,16-17H2,(H,25,27). The number of benzene rings is 1. The van der Waals surface area contributed by atoms with E-state index in [0.29, 0.717) is 31.6 Å². The van der Waals surface area contributed by atoms with Crippen molar-refractivity contribution in [2.75, 3.05) is 49.7 Å². The van der Waals surface area contributed by atoms with Crippen LogP contribution < -0.4 is 15.5 Å². The fraction of sp³-hybridized carbons (Fsp3) is 0.696. The van der Waals surface area contributed by atoms with Crippen LogP contribution in [0.1, 0.15) is 44.9 Å². The second-order valence-corrected chi connectivity index (χ2v) is 8.69. The summed E-state index contributed by atoms with van der Waals surface area (Å²) in [6, 6.07) is 8.84. The third-order valence-corrected chi connectivity index (χ3v) is 6.46. The maximum Gasteiger partial charge on any atom is 0.224 e. The van der Waals surface area contributed by atoms with Crippen LogP contribution in [0.2, 0.25) is 0 Å². The number of hydrogen-bond acceptors (Lipinski definition) is 5. The van der Waals surface area contributed by atoms with Gasteiger partial charge in [-0.25, -0.2) is 0 Å². The van der Waals surface area contributed by atoms with Gasteiger partial charge in [0.1, 0.15) is 0 Å². The lowest BCUT2D eigenvalue weighted by Gasteiger charge is -2.35. The third kappa shape index (κ3) is 6.17. The molecule has 3 aliphatic rings. The average Bonchev–Trinajstić information content (AvgIpc) is 3.26. The number of carbonyl (C=O) groups is 1. The highest BCUT2D eigenvalue weighted by molar-refractivity contribution is 5.91. The molecule has 1 amide bonds. The molecule has 0 radical (unpaired) electrons. The molecule has 0 spiro atoms. The largest absolute Gasteiger partial charge is 0.376 e. The monoisotopic (exact) mass is 401 g/mol. The summed E-state index contributed by atoms with van der Waals surface area (Å²) in [6.07, 6.45) is 8.05. The van der Waals surface area contributed by atoms with E-state index in [2.05, 4.69) is 27.7 Å². The second kappa shape index (κ2) is 10.4. The first-order valence-corrected chi connectivity index (χ1v) is 11.3. The maximum atomic E-state index is 12.3. The predicted octanol–water partition coefficient (Wildman–Crippen LogP) is 3.18. The Bertz CT molecular complexity index is 649. The SMILES string of the molecule is O=C(CC1CCCC1)Nc1cccc(N2CCC(NCC3COCCO3)CC2)c1. The van der Waals surface area contributed by atoms with Crippen LogP contribution in [0.15, 0.2) is 24.3 Å². The molecule has 6 heteroatoms. The first-order valence-electron chi connectivity index (χ1n) is 11.3. The van der Waals surface area contributed by atoms with Crippen molar-refractivity contribution in [3.05, 3.63) is 24.3 Å². The molecule has 2 aliphatic heterocycles. The van der Waals surface area contributed by atoms with Crippen LogP contribution in [0.4, 0.5) is 11.4 Å². The van der Waals surface area contributed by atoms with E-state index in [9.17, 15) is 4.79 Å². The highest BCUT2D eigenvalue weighted by Gasteiger charge is 2.22. The molecular weight excluding hydrogens is 366 g/mol. The van der Waals surface area contributed by atoms with Crippen LogP contribution in [0.3, 0.4) is 0 Å². The lowest BCUT2D eigenvalue weighted by Crippen LogP contribution is -2.46. The Kier molecular flexibility index (Phi) is 7.41. The van der Waals surface area contributed by atoms with Crippen LogP contribution in [-0.4, -0.2) is 57.5 Å². The minimum Gasteiger partial charge on any atom is -0.376 e. The highest BCUT2D eigenvalue weighted by atomic mass is 16.6. The van der Waals surface area contributed by atoms with Gasteiger partial charge in [0.05, 0.1) is 25.9 Å². The lowest BCUT2D eigenvalue weighted by molar-refractivity contribution is -0.117. The van der Waals surface area contributed by atoms with Gasteiger partial charge in [-0.2, -0.15) is 0 Å². The third-order valence-electron chi connectivity index (χ3n) is 6.46. The smallest absolute Gasteiger partial charge is 0.224 e. The summed E-state index contributed by atoms with van der Waals surface area (Å²) in [5.74, 6) is 0.737. The number of ether oxygens (including phenoxy) is 2. The van der Waals surface area contributed by atoms with Crippen LogP contribution in [0.5, 0.6) is 0 Å². The Morgan fingerprint density at radius 1 is 1.10 bits per heavy atom. The van der Waals surface area contributed by atoms with E-state index in [-0.39, 0.29) is 12.0 Å². The second-order valence-electron chi connectivity index (χ2n) is 8.69. The summed E-state index contributed by atoms with van der Waals surface area (Å²) < 4.78 is 11.2. The Hall–Kier alpha value is -1.63. The molecule has 2 heterocycles. The van der Waals surface area contributed by atoms with Gasteiger partial charge in [0, 0.05) is 43.5 Å². The van der Waals surface area contributed by atoms with Crippen molar-refractivity contribution in [2.45, 2.75) is 57.1 Å². The summed E-state index contributed by atoms with van der Waals surface area (Å²) in [4.78, 5) is 14.8. The maximum absolute atomic E-state index is 12.3.